The summed E-state index contributed by atoms with van der Waals surface area (Å²) in [6.45, 7) is 1.51. The van der Waals surface area contributed by atoms with Crippen LogP contribution in [0.15, 0.2) is 54.7 Å². The normalized spacial score (nSPS) is 22.0. The topological polar surface area (TPSA) is 407 Å². The predicted octanol–water partition coefficient (Wildman–Crippen LogP) is -2.29. The van der Waals surface area contributed by atoms with Crippen molar-refractivity contribution in [1.29, 1.82) is 10.8 Å². The van der Waals surface area contributed by atoms with Crippen LogP contribution in [-0.2, 0) is 56.0 Å². The fourth-order valence-corrected chi connectivity index (χ4v) is 8.94. The van der Waals surface area contributed by atoms with E-state index in [0.29, 0.717) is 17.5 Å². The van der Waals surface area contributed by atoms with Crippen LogP contribution in [0, 0.1) is 16.6 Å². The van der Waals surface area contributed by atoms with E-state index in [1.165, 1.54) is 24.0 Å². The van der Waals surface area contributed by atoms with Crippen molar-refractivity contribution < 1.29 is 47.5 Å². The van der Waals surface area contributed by atoms with Crippen LogP contribution < -0.4 is 65.1 Å². The summed E-state index contributed by atoms with van der Waals surface area (Å²) >= 11 is 0. The van der Waals surface area contributed by atoms with Crippen LogP contribution >= 0.6 is 0 Å². The number of nitrogens with zero attached hydrogens (tertiary/aromatic N) is 1. The molecule has 2 aromatic carbocycles. The Morgan fingerprint density at radius 2 is 1.41 bits per heavy atom. The first-order valence-electron chi connectivity index (χ1n) is 24.9. The Balaban J connectivity index is 1.51. The number of H-pyrrole nitrogens is 1. The van der Waals surface area contributed by atoms with Gasteiger partial charge in [-0.2, -0.15) is 0 Å². The molecule has 25 nitrogen and oxygen atoms in total. The van der Waals surface area contributed by atoms with Gasteiger partial charge in [0.25, 0.3) is 0 Å². The van der Waals surface area contributed by atoms with Gasteiger partial charge in [-0.1, -0.05) is 30.3 Å². The first-order chi connectivity index (χ1) is 35.8. The van der Waals surface area contributed by atoms with E-state index in [-0.39, 0.29) is 102 Å². The lowest BCUT2D eigenvalue weighted by molar-refractivity contribution is -0.143. The summed E-state index contributed by atoms with van der Waals surface area (Å²) in [5, 5.41) is 39.7. The van der Waals surface area contributed by atoms with Crippen LogP contribution in [0.5, 0.6) is 0 Å². The number of carbonyl (C=O) groups is 9. The summed E-state index contributed by atoms with van der Waals surface area (Å²) < 4.78 is 14.1. The van der Waals surface area contributed by atoms with Crippen LogP contribution in [0.2, 0.25) is 0 Å². The average molecular weight is 1050 g/mol. The molecule has 3 heterocycles. The highest BCUT2D eigenvalue weighted by Crippen LogP contribution is 2.22. The second-order valence-electron chi connectivity index (χ2n) is 18.6. The third kappa shape index (κ3) is 18.0. The SMILES string of the molecule is CC(=O)N[C@@H](CCCNC(=N)N)C(=O)N[C@H]1CC(=O)NCCCCC(C(N)=O)NC(=O)[C@H](Cc2c[nH]c3ccccc23)NC(=O)[C@H](CCCNC(=N)N)NC(=O)[C@@H](Cc2ccc(F)cc2)NC(=O)[C@@H]2CCCN2C1=O. The Hall–Kier alpha value is -8.32. The van der Waals surface area contributed by atoms with Crippen LogP contribution in [0.1, 0.15) is 82.3 Å². The molecule has 5 rings (SSSR count). The number of guanidine groups is 2. The minimum atomic E-state index is -1.57. The molecule has 406 valence electrons. The molecule has 2 aliphatic heterocycles. The Morgan fingerprint density at radius 1 is 0.773 bits per heavy atom. The van der Waals surface area contributed by atoms with E-state index in [2.05, 4.69) is 52.8 Å². The van der Waals surface area contributed by atoms with E-state index in [1.807, 2.05) is 18.2 Å². The van der Waals surface area contributed by atoms with Gasteiger partial charge in [-0.15, -0.1) is 0 Å². The molecule has 26 heteroatoms. The predicted molar refractivity (Wildman–Crippen MR) is 273 cm³/mol. The van der Waals surface area contributed by atoms with E-state index < -0.39 is 108 Å². The van der Waals surface area contributed by atoms with E-state index in [9.17, 15) is 47.5 Å². The van der Waals surface area contributed by atoms with Gasteiger partial charge in [0.15, 0.2) is 11.9 Å². The van der Waals surface area contributed by atoms with E-state index in [4.69, 9.17) is 28.0 Å². The number of hydrogen-bond donors (Lipinski definition) is 15. The standard InChI is InChI=1S/C49H69FN16O9/c1-27(67)60-34(12-6-20-57-48(52)53)42(70)65-38-25-40(68)56-19-5-4-11-33(41(51)69)61-45(73)37(24-29-26-59-32-10-3-2-9-31(29)32)63-43(71)35(13-7-21-58-49(54)55)62-44(72)36(23-28-15-17-30(50)18-16-28)64-46(74)39-14-8-22-66(39)47(38)75/h2-3,9-10,15-18,26,33-39,59H,4-8,11-14,19-25H2,1H3,(H2,51,69)(H,56,68)(H,60,67)(H,61,73)(H,62,72)(H,63,71)(H,64,74)(H,65,70)(H4,52,53,57)(H4,54,55,58)/t33?,34-,35-,36+,37-,38-,39-/m0/s1. The number of rotatable bonds is 16. The van der Waals surface area contributed by atoms with Crippen molar-refractivity contribution in [2.24, 2.45) is 17.2 Å². The highest BCUT2D eigenvalue weighted by molar-refractivity contribution is 5.99. The van der Waals surface area contributed by atoms with Gasteiger partial charge in [0.1, 0.15) is 48.1 Å². The number of halogens is 1. The quantitative estimate of drug-likeness (QED) is 0.0409. The second kappa shape index (κ2) is 28.2. The monoisotopic (exact) mass is 1040 g/mol. The zero-order valence-corrected chi connectivity index (χ0v) is 41.8. The molecule has 1 unspecified atom stereocenters. The van der Waals surface area contributed by atoms with Gasteiger partial charge in [0.2, 0.25) is 53.2 Å². The molecular weight excluding hydrogens is 976 g/mol. The van der Waals surface area contributed by atoms with Crippen molar-refractivity contribution >= 4 is 76.0 Å². The maximum atomic E-state index is 14.6. The lowest BCUT2D eigenvalue weighted by Gasteiger charge is -2.31. The number of primary amides is 1. The first kappa shape index (κ1) is 57.6. The summed E-state index contributed by atoms with van der Waals surface area (Å²) in [7, 11) is 0. The second-order valence-corrected chi connectivity index (χ2v) is 18.6. The Bertz CT molecular complexity index is 2560. The molecule has 0 spiro atoms. The number of nitrogens with two attached hydrogens (primary N) is 3. The third-order valence-electron chi connectivity index (χ3n) is 12.8. The first-order valence-corrected chi connectivity index (χ1v) is 24.9. The van der Waals surface area contributed by atoms with Crippen molar-refractivity contribution in [1.82, 2.24) is 57.7 Å². The van der Waals surface area contributed by atoms with Gasteiger partial charge < -0.3 is 74.9 Å². The Kier molecular flexibility index (Phi) is 21.7. The van der Waals surface area contributed by atoms with Crippen molar-refractivity contribution in [2.75, 3.05) is 26.2 Å². The minimum absolute atomic E-state index is 0.00954. The number of para-hydroxylation sites is 1. The number of amides is 9. The maximum Gasteiger partial charge on any atom is 0.246 e. The molecular formula is C49H69FN16O9. The van der Waals surface area contributed by atoms with E-state index in [1.54, 1.807) is 12.3 Å². The zero-order chi connectivity index (χ0) is 54.6. The van der Waals surface area contributed by atoms with Gasteiger partial charge in [0.05, 0.1) is 6.42 Å². The minimum Gasteiger partial charge on any atom is -0.370 e. The molecule has 7 atom stereocenters. The average Bonchev–Trinajstić information content (AvgIpc) is 4.02. The van der Waals surface area contributed by atoms with E-state index >= 15 is 0 Å². The molecule has 18 N–H and O–H groups in total. The van der Waals surface area contributed by atoms with Gasteiger partial charge >= 0.3 is 0 Å². The number of nitrogens with one attached hydrogen (secondary N) is 12. The van der Waals surface area contributed by atoms with Crippen LogP contribution in [0.25, 0.3) is 10.9 Å². The molecule has 0 saturated carbocycles. The molecule has 2 fully saturated rings. The van der Waals surface area contributed by atoms with Crippen molar-refractivity contribution in [2.45, 2.75) is 126 Å². The lowest BCUT2D eigenvalue weighted by Crippen LogP contribution is -2.60. The molecule has 2 saturated heterocycles. The molecule has 75 heavy (non-hydrogen) atoms. The maximum absolute atomic E-state index is 14.6. The van der Waals surface area contributed by atoms with Crippen LogP contribution in [0.4, 0.5) is 4.39 Å². The Morgan fingerprint density at radius 3 is 2.11 bits per heavy atom. The van der Waals surface area contributed by atoms with Gasteiger partial charge in [-0.05, 0) is 87.1 Å². The number of benzene rings is 2. The fraction of sp³-hybridized carbons (Fsp3) is 0.490. The summed E-state index contributed by atoms with van der Waals surface area (Å²) in [5.41, 5.74) is 18.5. The summed E-state index contributed by atoms with van der Waals surface area (Å²) in [5.74, 6) is -8.23. The molecule has 0 radical (unpaired) electrons. The van der Waals surface area contributed by atoms with Crippen LogP contribution in [0.3, 0.4) is 0 Å². The smallest absolute Gasteiger partial charge is 0.246 e. The van der Waals surface area contributed by atoms with Crippen molar-refractivity contribution in [3.05, 3.63) is 71.7 Å². The number of aromatic nitrogens is 1. The molecule has 2 aliphatic rings. The molecule has 0 bridgehead atoms. The summed E-state index contributed by atoms with van der Waals surface area (Å²) in [6, 6.07) is 2.98. The molecule has 9 amide bonds. The largest absolute Gasteiger partial charge is 0.370 e. The van der Waals surface area contributed by atoms with Gasteiger partial charge in [-0.3, -0.25) is 54.0 Å². The third-order valence-corrected chi connectivity index (χ3v) is 12.8. The van der Waals surface area contributed by atoms with Crippen LogP contribution in [-0.4, -0.2) is 143 Å². The lowest BCUT2D eigenvalue weighted by atomic mass is 10.0. The highest BCUT2D eigenvalue weighted by Gasteiger charge is 2.41. The fourth-order valence-electron chi connectivity index (χ4n) is 8.94. The summed E-state index contributed by atoms with van der Waals surface area (Å²) in [6.07, 6.45) is 2.07. The molecule has 0 aliphatic carbocycles. The summed E-state index contributed by atoms with van der Waals surface area (Å²) in [4.78, 5) is 129. The molecule has 1 aromatic heterocycles. The molecule has 3 aromatic rings. The number of hydrogen-bond acceptors (Lipinski definition) is 11. The number of fused-ring (bicyclic) bond motifs is 2. The number of aromatic amines is 1. The van der Waals surface area contributed by atoms with Crippen molar-refractivity contribution in [3.8, 4) is 0 Å². The van der Waals surface area contributed by atoms with Gasteiger partial charge in [-0.25, -0.2) is 4.39 Å². The Labute approximate surface area is 432 Å². The highest BCUT2D eigenvalue weighted by atomic mass is 19.1. The number of carbonyl (C=O) groups excluding carboxylic acids is 9. The zero-order valence-electron chi connectivity index (χ0n) is 41.8. The van der Waals surface area contributed by atoms with Crippen molar-refractivity contribution in [3.63, 3.8) is 0 Å². The van der Waals surface area contributed by atoms with E-state index in [0.717, 1.165) is 23.0 Å². The van der Waals surface area contributed by atoms with Gasteiger partial charge in [0, 0.05) is 63.0 Å².